The van der Waals surface area contributed by atoms with E-state index in [1.165, 1.54) is 0 Å². The van der Waals surface area contributed by atoms with Crippen LogP contribution in [0.1, 0.15) is 31.4 Å². The van der Waals surface area contributed by atoms with Gasteiger partial charge in [-0.2, -0.15) is 0 Å². The van der Waals surface area contributed by atoms with Gasteiger partial charge in [0.25, 0.3) is 0 Å². The minimum Gasteiger partial charge on any atom is -0.323 e. The van der Waals surface area contributed by atoms with Crippen molar-refractivity contribution in [2.75, 3.05) is 0 Å². The largest absolute Gasteiger partial charge is 0.323 e. The second kappa shape index (κ2) is 3.83. The van der Waals surface area contributed by atoms with Gasteiger partial charge in [0.1, 0.15) is 5.82 Å². The predicted octanol–water partition coefficient (Wildman–Crippen LogP) is 2.57. The lowest BCUT2D eigenvalue weighted by molar-refractivity contribution is 0.788. The number of aryl methyl sites for hydroxylation is 1. The molecule has 2 rings (SSSR count). The standard InChI is InChI=1S/C11H14ClN3/c1-3-10-14-11(7(2)13)9-6-8(12)4-5-15(9)10/h4-7H,3,13H2,1-2H3. The average molecular weight is 224 g/mol. The molecule has 2 aromatic rings. The molecule has 0 saturated carbocycles. The Morgan fingerprint density at radius 1 is 1.60 bits per heavy atom. The van der Waals surface area contributed by atoms with Gasteiger partial charge >= 0.3 is 0 Å². The van der Waals surface area contributed by atoms with Gasteiger partial charge in [0.2, 0.25) is 0 Å². The van der Waals surface area contributed by atoms with Crippen LogP contribution >= 0.6 is 11.6 Å². The van der Waals surface area contributed by atoms with Gasteiger partial charge in [-0.05, 0) is 19.1 Å². The van der Waals surface area contributed by atoms with Crippen LogP contribution in [0.4, 0.5) is 0 Å². The first kappa shape index (κ1) is 10.5. The van der Waals surface area contributed by atoms with Gasteiger partial charge in [0.15, 0.2) is 0 Å². The van der Waals surface area contributed by atoms with Gasteiger partial charge in [-0.25, -0.2) is 4.98 Å². The summed E-state index contributed by atoms with van der Waals surface area (Å²) in [6.45, 7) is 4.01. The molecule has 3 nitrogen and oxygen atoms in total. The van der Waals surface area contributed by atoms with E-state index in [0.29, 0.717) is 5.02 Å². The highest BCUT2D eigenvalue weighted by atomic mass is 35.5. The fourth-order valence-electron chi connectivity index (χ4n) is 1.73. The van der Waals surface area contributed by atoms with Gasteiger partial charge in [-0.1, -0.05) is 18.5 Å². The van der Waals surface area contributed by atoms with E-state index >= 15 is 0 Å². The molecular weight excluding hydrogens is 210 g/mol. The number of fused-ring (bicyclic) bond motifs is 1. The molecule has 0 spiro atoms. The minimum atomic E-state index is -0.0706. The monoisotopic (exact) mass is 223 g/mol. The van der Waals surface area contributed by atoms with Gasteiger partial charge in [0, 0.05) is 23.7 Å². The van der Waals surface area contributed by atoms with Gasteiger partial charge in [-0.15, -0.1) is 0 Å². The molecule has 1 atom stereocenters. The summed E-state index contributed by atoms with van der Waals surface area (Å²) in [4.78, 5) is 4.53. The Bertz CT molecular complexity index is 488. The third kappa shape index (κ3) is 1.73. The Hall–Kier alpha value is -1.06. The van der Waals surface area contributed by atoms with Crippen molar-refractivity contribution in [3.05, 3.63) is 34.9 Å². The molecule has 0 aromatic carbocycles. The summed E-state index contributed by atoms with van der Waals surface area (Å²) in [5.74, 6) is 1.02. The topological polar surface area (TPSA) is 43.3 Å². The summed E-state index contributed by atoms with van der Waals surface area (Å²) in [7, 11) is 0. The lowest BCUT2D eigenvalue weighted by atomic mass is 10.2. The van der Waals surface area contributed by atoms with E-state index in [1.54, 1.807) is 0 Å². The first-order valence-corrected chi connectivity index (χ1v) is 5.43. The maximum Gasteiger partial charge on any atom is 0.113 e. The summed E-state index contributed by atoms with van der Waals surface area (Å²) >= 11 is 5.97. The van der Waals surface area contributed by atoms with E-state index in [-0.39, 0.29) is 6.04 Å². The predicted molar refractivity (Wildman–Crippen MR) is 62.2 cm³/mol. The number of hydrogen-bond acceptors (Lipinski definition) is 2. The van der Waals surface area contributed by atoms with Crippen LogP contribution in [0.5, 0.6) is 0 Å². The smallest absolute Gasteiger partial charge is 0.113 e. The Kier molecular flexibility index (Phi) is 2.67. The Balaban J connectivity index is 2.76. The molecule has 2 aromatic heterocycles. The normalized spacial score (nSPS) is 13.3. The molecule has 0 aliphatic rings. The fourth-order valence-corrected chi connectivity index (χ4v) is 1.89. The van der Waals surface area contributed by atoms with Crippen LogP contribution in [-0.4, -0.2) is 9.38 Å². The van der Waals surface area contributed by atoms with Crippen molar-refractivity contribution in [1.82, 2.24) is 9.38 Å². The van der Waals surface area contributed by atoms with E-state index in [4.69, 9.17) is 17.3 Å². The van der Waals surface area contributed by atoms with Gasteiger partial charge in [-0.3, -0.25) is 0 Å². The van der Waals surface area contributed by atoms with E-state index < -0.39 is 0 Å². The number of aromatic nitrogens is 2. The van der Waals surface area contributed by atoms with Crippen molar-refractivity contribution < 1.29 is 0 Å². The Labute approximate surface area is 93.9 Å². The number of hydrogen-bond donors (Lipinski definition) is 1. The van der Waals surface area contributed by atoms with Gasteiger partial charge < -0.3 is 10.1 Å². The number of halogens is 1. The molecule has 4 heteroatoms. The quantitative estimate of drug-likeness (QED) is 0.851. The first-order chi connectivity index (χ1) is 7.13. The molecule has 15 heavy (non-hydrogen) atoms. The Morgan fingerprint density at radius 2 is 2.33 bits per heavy atom. The molecular formula is C11H14ClN3. The first-order valence-electron chi connectivity index (χ1n) is 5.05. The number of nitrogens with zero attached hydrogens (tertiary/aromatic N) is 2. The molecule has 2 N–H and O–H groups in total. The summed E-state index contributed by atoms with van der Waals surface area (Å²) < 4.78 is 2.05. The number of imidazole rings is 1. The van der Waals surface area contributed by atoms with Crippen molar-refractivity contribution in [1.29, 1.82) is 0 Å². The Morgan fingerprint density at radius 3 is 2.93 bits per heavy atom. The van der Waals surface area contributed by atoms with Crippen molar-refractivity contribution in [2.24, 2.45) is 5.73 Å². The fraction of sp³-hybridized carbons (Fsp3) is 0.364. The zero-order valence-electron chi connectivity index (χ0n) is 8.87. The lowest BCUT2D eigenvalue weighted by Crippen LogP contribution is -2.05. The molecule has 0 aliphatic heterocycles. The molecule has 1 unspecified atom stereocenters. The number of pyridine rings is 1. The van der Waals surface area contributed by atoms with Gasteiger partial charge in [0.05, 0.1) is 11.2 Å². The van der Waals surface area contributed by atoms with E-state index in [2.05, 4.69) is 11.9 Å². The van der Waals surface area contributed by atoms with Crippen LogP contribution in [0.3, 0.4) is 0 Å². The van der Waals surface area contributed by atoms with Crippen LogP contribution in [0, 0.1) is 0 Å². The lowest BCUT2D eigenvalue weighted by Gasteiger charge is -2.01. The minimum absolute atomic E-state index is 0.0706. The molecule has 0 aliphatic carbocycles. The van der Waals surface area contributed by atoms with E-state index in [0.717, 1.165) is 23.5 Å². The molecule has 80 valence electrons. The molecule has 0 amide bonds. The second-order valence-electron chi connectivity index (χ2n) is 3.66. The van der Waals surface area contributed by atoms with Crippen molar-refractivity contribution >= 4 is 17.1 Å². The summed E-state index contributed by atoms with van der Waals surface area (Å²) in [5.41, 5.74) is 7.80. The number of nitrogens with two attached hydrogens (primary N) is 1. The molecule has 0 radical (unpaired) electrons. The molecule has 0 bridgehead atoms. The molecule has 0 fully saturated rings. The summed E-state index contributed by atoms with van der Waals surface area (Å²) in [5, 5.41) is 0.715. The van der Waals surface area contributed by atoms with Crippen LogP contribution in [0.25, 0.3) is 5.52 Å². The average Bonchev–Trinajstić information content (AvgIpc) is 2.55. The maximum absolute atomic E-state index is 5.97. The van der Waals surface area contributed by atoms with E-state index in [9.17, 15) is 0 Å². The third-order valence-electron chi connectivity index (χ3n) is 2.45. The SMILES string of the molecule is CCc1nc(C(C)N)c2cc(Cl)ccn12. The van der Waals surface area contributed by atoms with Crippen molar-refractivity contribution in [3.63, 3.8) is 0 Å². The van der Waals surface area contributed by atoms with Crippen LogP contribution in [0.15, 0.2) is 18.3 Å². The van der Waals surface area contributed by atoms with Crippen LogP contribution in [0.2, 0.25) is 5.02 Å². The maximum atomic E-state index is 5.97. The van der Waals surface area contributed by atoms with Crippen molar-refractivity contribution in [2.45, 2.75) is 26.3 Å². The second-order valence-corrected chi connectivity index (χ2v) is 4.09. The van der Waals surface area contributed by atoms with Crippen molar-refractivity contribution in [3.8, 4) is 0 Å². The third-order valence-corrected chi connectivity index (χ3v) is 2.69. The zero-order chi connectivity index (χ0) is 11.0. The zero-order valence-corrected chi connectivity index (χ0v) is 9.62. The van der Waals surface area contributed by atoms with E-state index in [1.807, 2.05) is 29.7 Å². The summed E-state index contributed by atoms with van der Waals surface area (Å²) in [6, 6.07) is 3.70. The summed E-state index contributed by atoms with van der Waals surface area (Å²) in [6.07, 6.45) is 2.82. The highest BCUT2D eigenvalue weighted by Crippen LogP contribution is 2.21. The highest BCUT2D eigenvalue weighted by molar-refractivity contribution is 6.30. The highest BCUT2D eigenvalue weighted by Gasteiger charge is 2.12. The van der Waals surface area contributed by atoms with Crippen LogP contribution < -0.4 is 5.73 Å². The molecule has 0 saturated heterocycles. The molecule has 2 heterocycles. The van der Waals surface area contributed by atoms with Crippen LogP contribution in [-0.2, 0) is 6.42 Å². The number of rotatable bonds is 2.